The number of rotatable bonds is 3. The first-order chi connectivity index (χ1) is 11.2. The number of hydrogen-bond acceptors (Lipinski definition) is 4. The van der Waals surface area contributed by atoms with Crippen molar-refractivity contribution in [2.45, 2.75) is 32.1 Å². The van der Waals surface area contributed by atoms with Crippen LogP contribution in [0.2, 0.25) is 0 Å². The average Bonchev–Trinajstić information content (AvgIpc) is 2.72. The van der Waals surface area contributed by atoms with E-state index in [2.05, 4.69) is 27.0 Å². The van der Waals surface area contributed by atoms with E-state index in [1.807, 2.05) is 18.2 Å². The van der Waals surface area contributed by atoms with Crippen LogP contribution in [0.5, 0.6) is 5.75 Å². The number of thiophene rings is 1. The quantitative estimate of drug-likeness (QED) is 0.521. The SMILES string of the molecule is COc1ccc(Br)cc1/C=N/c1sc2c(c1C#N)CCCCC2. The molecule has 0 spiro atoms. The molecule has 3 rings (SSSR count). The van der Waals surface area contributed by atoms with E-state index in [9.17, 15) is 5.26 Å². The summed E-state index contributed by atoms with van der Waals surface area (Å²) in [5.74, 6) is 0.772. The molecule has 1 aliphatic rings. The Bertz CT molecular complexity index is 789. The fraction of sp³-hybridized carbons (Fsp3) is 0.333. The summed E-state index contributed by atoms with van der Waals surface area (Å²) < 4.78 is 6.34. The van der Waals surface area contributed by atoms with Crippen molar-refractivity contribution < 1.29 is 4.74 Å². The van der Waals surface area contributed by atoms with Crippen LogP contribution in [-0.4, -0.2) is 13.3 Å². The Labute approximate surface area is 148 Å². The van der Waals surface area contributed by atoms with Crippen molar-refractivity contribution in [2.24, 2.45) is 4.99 Å². The number of benzene rings is 1. The highest BCUT2D eigenvalue weighted by molar-refractivity contribution is 9.10. The standard InChI is InChI=1S/C18H17BrN2OS/c1-22-16-8-7-13(19)9-12(16)11-21-18-15(10-20)14-5-3-2-4-6-17(14)23-18/h7-9,11H,2-6H2,1H3/b21-11+. The van der Waals surface area contributed by atoms with Crippen molar-refractivity contribution in [1.29, 1.82) is 5.26 Å². The Morgan fingerprint density at radius 2 is 2.13 bits per heavy atom. The van der Waals surface area contributed by atoms with Crippen molar-refractivity contribution in [3.8, 4) is 11.8 Å². The Kier molecular flexibility index (Phi) is 5.14. The van der Waals surface area contributed by atoms with E-state index < -0.39 is 0 Å². The Morgan fingerprint density at radius 3 is 2.91 bits per heavy atom. The first-order valence-electron chi connectivity index (χ1n) is 7.65. The van der Waals surface area contributed by atoms with E-state index in [4.69, 9.17) is 4.74 Å². The van der Waals surface area contributed by atoms with Gasteiger partial charge in [0.1, 0.15) is 16.8 Å². The molecule has 118 valence electrons. The topological polar surface area (TPSA) is 45.4 Å². The van der Waals surface area contributed by atoms with E-state index in [0.717, 1.165) is 39.2 Å². The molecule has 0 atom stereocenters. The lowest BCUT2D eigenvalue weighted by molar-refractivity contribution is 0.414. The molecular weight excluding hydrogens is 372 g/mol. The number of aliphatic imine (C=N–C) groups is 1. The maximum Gasteiger partial charge on any atom is 0.134 e. The summed E-state index contributed by atoms with van der Waals surface area (Å²) in [6.45, 7) is 0. The van der Waals surface area contributed by atoms with Crippen LogP contribution in [0.3, 0.4) is 0 Å². The highest BCUT2D eigenvalue weighted by Crippen LogP contribution is 2.38. The third-order valence-electron chi connectivity index (χ3n) is 4.03. The van der Waals surface area contributed by atoms with Crippen LogP contribution >= 0.6 is 27.3 Å². The molecule has 0 amide bonds. The Morgan fingerprint density at radius 1 is 1.30 bits per heavy atom. The number of hydrogen-bond donors (Lipinski definition) is 0. The van der Waals surface area contributed by atoms with Crippen molar-refractivity contribution in [3.05, 3.63) is 44.2 Å². The van der Waals surface area contributed by atoms with Crippen LogP contribution in [0.1, 0.15) is 40.8 Å². The molecule has 1 aromatic heterocycles. The first-order valence-corrected chi connectivity index (χ1v) is 9.26. The average molecular weight is 389 g/mol. The van der Waals surface area contributed by atoms with Gasteiger partial charge in [-0.2, -0.15) is 5.26 Å². The lowest BCUT2D eigenvalue weighted by Gasteiger charge is -2.04. The largest absolute Gasteiger partial charge is 0.496 e. The molecule has 0 bridgehead atoms. The molecule has 0 N–H and O–H groups in total. The highest BCUT2D eigenvalue weighted by Gasteiger charge is 2.19. The summed E-state index contributed by atoms with van der Waals surface area (Å²) in [7, 11) is 1.65. The molecule has 0 aliphatic heterocycles. The molecule has 0 saturated heterocycles. The summed E-state index contributed by atoms with van der Waals surface area (Å²) in [5.41, 5.74) is 2.88. The number of nitrogens with zero attached hydrogens (tertiary/aromatic N) is 2. The van der Waals surface area contributed by atoms with Gasteiger partial charge in [0, 0.05) is 21.1 Å². The summed E-state index contributed by atoms with van der Waals surface area (Å²) in [5, 5.41) is 10.4. The second-order valence-corrected chi connectivity index (χ2v) is 7.50. The number of fused-ring (bicyclic) bond motifs is 1. The second kappa shape index (κ2) is 7.29. The Balaban J connectivity index is 1.97. The fourth-order valence-corrected chi connectivity index (χ4v) is 4.43. The summed E-state index contributed by atoms with van der Waals surface area (Å²) in [4.78, 5) is 5.94. The minimum absolute atomic E-state index is 0.761. The fourth-order valence-electron chi connectivity index (χ4n) is 2.87. The molecule has 0 unspecified atom stereocenters. The van der Waals surface area contributed by atoms with Crippen LogP contribution in [0.4, 0.5) is 5.00 Å². The predicted octanol–water partition coefficient (Wildman–Crippen LogP) is 5.41. The maximum atomic E-state index is 9.55. The van der Waals surface area contributed by atoms with Gasteiger partial charge in [-0.05, 0) is 49.4 Å². The van der Waals surface area contributed by atoms with Crippen molar-refractivity contribution >= 4 is 38.5 Å². The second-order valence-electron chi connectivity index (χ2n) is 5.50. The smallest absolute Gasteiger partial charge is 0.134 e. The molecule has 0 saturated carbocycles. The van der Waals surface area contributed by atoms with Crippen molar-refractivity contribution in [3.63, 3.8) is 0 Å². The molecule has 5 heteroatoms. The van der Waals surface area contributed by atoms with Crippen molar-refractivity contribution in [2.75, 3.05) is 7.11 Å². The van der Waals surface area contributed by atoms with Gasteiger partial charge in [-0.1, -0.05) is 22.4 Å². The highest BCUT2D eigenvalue weighted by atomic mass is 79.9. The summed E-state index contributed by atoms with van der Waals surface area (Å²) in [6.07, 6.45) is 7.49. The maximum absolute atomic E-state index is 9.55. The molecule has 2 aromatic rings. The monoisotopic (exact) mass is 388 g/mol. The lowest BCUT2D eigenvalue weighted by atomic mass is 10.1. The first kappa shape index (κ1) is 16.2. The molecule has 1 heterocycles. The van der Waals surface area contributed by atoms with Crippen LogP contribution in [0.15, 0.2) is 27.7 Å². The van der Waals surface area contributed by atoms with E-state index in [1.54, 1.807) is 24.7 Å². The minimum Gasteiger partial charge on any atom is -0.496 e. The zero-order chi connectivity index (χ0) is 16.2. The van der Waals surface area contributed by atoms with Gasteiger partial charge in [-0.25, -0.2) is 4.99 Å². The molecule has 1 aromatic carbocycles. The third kappa shape index (κ3) is 3.49. The molecule has 1 aliphatic carbocycles. The van der Waals surface area contributed by atoms with Gasteiger partial charge in [-0.15, -0.1) is 11.3 Å². The summed E-state index contributed by atoms with van der Waals surface area (Å²) >= 11 is 5.13. The van der Waals surface area contributed by atoms with Crippen LogP contribution in [0.25, 0.3) is 0 Å². The third-order valence-corrected chi connectivity index (χ3v) is 5.72. The zero-order valence-corrected chi connectivity index (χ0v) is 15.3. The van der Waals surface area contributed by atoms with Gasteiger partial charge in [0.15, 0.2) is 0 Å². The Hall–Kier alpha value is -1.64. The molecule has 3 nitrogen and oxygen atoms in total. The lowest BCUT2D eigenvalue weighted by Crippen LogP contribution is -1.90. The van der Waals surface area contributed by atoms with Gasteiger partial charge < -0.3 is 4.74 Å². The van der Waals surface area contributed by atoms with E-state index >= 15 is 0 Å². The van der Waals surface area contributed by atoms with Gasteiger partial charge in [-0.3, -0.25) is 0 Å². The number of nitriles is 1. The van der Waals surface area contributed by atoms with Crippen LogP contribution < -0.4 is 4.74 Å². The van der Waals surface area contributed by atoms with Crippen molar-refractivity contribution in [1.82, 2.24) is 0 Å². The number of aryl methyl sites for hydroxylation is 1. The van der Waals surface area contributed by atoms with Crippen LogP contribution in [-0.2, 0) is 12.8 Å². The number of methoxy groups -OCH3 is 1. The van der Waals surface area contributed by atoms with Gasteiger partial charge in [0.2, 0.25) is 0 Å². The van der Waals surface area contributed by atoms with Crippen LogP contribution in [0, 0.1) is 11.3 Å². The summed E-state index contributed by atoms with van der Waals surface area (Å²) in [6, 6.07) is 8.17. The number of halogens is 1. The molecule has 0 fully saturated rings. The predicted molar refractivity (Wildman–Crippen MR) is 98.2 cm³/mol. The molecule has 23 heavy (non-hydrogen) atoms. The van der Waals surface area contributed by atoms with Gasteiger partial charge >= 0.3 is 0 Å². The molecule has 0 radical (unpaired) electrons. The normalized spacial score (nSPS) is 14.3. The van der Waals surface area contributed by atoms with E-state index in [1.165, 1.54) is 29.7 Å². The van der Waals surface area contributed by atoms with E-state index in [0.29, 0.717) is 0 Å². The van der Waals surface area contributed by atoms with Gasteiger partial charge in [0.25, 0.3) is 0 Å². The zero-order valence-electron chi connectivity index (χ0n) is 12.9. The van der Waals surface area contributed by atoms with E-state index in [-0.39, 0.29) is 0 Å². The number of ether oxygens (including phenoxy) is 1. The molecular formula is C18H17BrN2OS. The van der Waals surface area contributed by atoms with Gasteiger partial charge in [0.05, 0.1) is 12.7 Å². The minimum atomic E-state index is 0.761.